The maximum absolute atomic E-state index is 5.66. The van der Waals surface area contributed by atoms with Crippen molar-refractivity contribution in [2.24, 2.45) is 0 Å². The third-order valence-electron chi connectivity index (χ3n) is 1.79. The second-order valence-electron chi connectivity index (χ2n) is 2.80. The average Bonchev–Trinajstić information content (AvgIpc) is 2.13. The summed E-state index contributed by atoms with van der Waals surface area (Å²) in [5.41, 5.74) is 1.14. The first-order valence-corrected chi connectivity index (χ1v) is 5.92. The first-order chi connectivity index (χ1) is 6.15. The van der Waals surface area contributed by atoms with Crippen LogP contribution in [0.5, 0.6) is 5.75 Å². The Morgan fingerprint density at radius 1 is 1.46 bits per heavy atom. The monoisotopic (exact) mass is 306 g/mol. The molecule has 0 bridgehead atoms. The normalized spacial score (nSPS) is 12.6. The van der Waals surface area contributed by atoms with E-state index < -0.39 is 0 Å². The van der Waals surface area contributed by atoms with Gasteiger partial charge in [-0.1, -0.05) is 28.9 Å². The molecule has 1 rings (SSSR count). The van der Waals surface area contributed by atoms with E-state index in [-0.39, 0.29) is 5.01 Å². The minimum Gasteiger partial charge on any atom is -0.479 e. The van der Waals surface area contributed by atoms with E-state index in [2.05, 4.69) is 38.8 Å². The van der Waals surface area contributed by atoms with Crippen LogP contribution in [0.3, 0.4) is 0 Å². The van der Waals surface area contributed by atoms with Crippen LogP contribution >= 0.6 is 31.9 Å². The molecule has 0 heterocycles. The maximum atomic E-state index is 5.66. The van der Waals surface area contributed by atoms with Gasteiger partial charge in [0, 0.05) is 10.0 Å². The summed E-state index contributed by atoms with van der Waals surface area (Å²) in [6.07, 6.45) is 0.950. The molecule has 0 aromatic heterocycles. The second-order valence-corrected chi connectivity index (χ2v) is 4.67. The van der Waals surface area contributed by atoms with Gasteiger partial charge in [0.25, 0.3) is 0 Å². The standard InChI is InChI=1S/C10H12Br2O/c1-3-10(12)13-9-6-4-5-8(11)7(9)2/h4-6,10H,3H2,1-2H3. The molecule has 1 aromatic carbocycles. The Hall–Kier alpha value is -0.0200. The SMILES string of the molecule is CCC(Br)Oc1cccc(Br)c1C. The van der Waals surface area contributed by atoms with Gasteiger partial charge in [0.05, 0.1) is 0 Å². The molecule has 0 saturated heterocycles. The molecule has 1 atom stereocenters. The molecule has 0 aliphatic carbocycles. The zero-order valence-electron chi connectivity index (χ0n) is 7.68. The molecule has 13 heavy (non-hydrogen) atoms. The van der Waals surface area contributed by atoms with Gasteiger partial charge in [-0.15, -0.1) is 0 Å². The Labute approximate surface area is 95.7 Å². The van der Waals surface area contributed by atoms with E-state index in [9.17, 15) is 0 Å². The first-order valence-electron chi connectivity index (χ1n) is 4.21. The van der Waals surface area contributed by atoms with E-state index in [1.54, 1.807) is 0 Å². The molecule has 0 spiro atoms. The van der Waals surface area contributed by atoms with Crippen LogP contribution in [-0.4, -0.2) is 5.01 Å². The molecule has 0 radical (unpaired) electrons. The molecule has 0 amide bonds. The van der Waals surface area contributed by atoms with Crippen LogP contribution in [-0.2, 0) is 0 Å². The maximum Gasteiger partial charge on any atom is 0.153 e. The Morgan fingerprint density at radius 3 is 2.77 bits per heavy atom. The van der Waals surface area contributed by atoms with E-state index in [0.29, 0.717) is 0 Å². The molecule has 0 fully saturated rings. The van der Waals surface area contributed by atoms with E-state index in [4.69, 9.17) is 4.74 Å². The molecule has 3 heteroatoms. The van der Waals surface area contributed by atoms with Gasteiger partial charge in [-0.2, -0.15) is 0 Å². The zero-order chi connectivity index (χ0) is 9.84. The minimum absolute atomic E-state index is 0.0977. The number of alkyl halides is 1. The molecule has 0 saturated carbocycles. The summed E-state index contributed by atoms with van der Waals surface area (Å²) in [5, 5.41) is 0.0977. The summed E-state index contributed by atoms with van der Waals surface area (Å²) in [4.78, 5) is 0. The quantitative estimate of drug-likeness (QED) is 0.758. The third kappa shape index (κ3) is 2.99. The van der Waals surface area contributed by atoms with E-state index in [1.807, 2.05) is 25.1 Å². The van der Waals surface area contributed by atoms with Crippen molar-refractivity contribution in [3.05, 3.63) is 28.2 Å². The Bertz CT molecular complexity index is 286. The van der Waals surface area contributed by atoms with Crippen LogP contribution in [0.15, 0.2) is 22.7 Å². The van der Waals surface area contributed by atoms with Gasteiger partial charge in [-0.05, 0) is 41.4 Å². The highest BCUT2D eigenvalue weighted by Gasteiger charge is 2.06. The molecule has 0 N–H and O–H groups in total. The molecular formula is C10H12Br2O. The predicted molar refractivity (Wildman–Crippen MR) is 62.5 cm³/mol. The van der Waals surface area contributed by atoms with Gasteiger partial charge in [-0.25, -0.2) is 0 Å². The topological polar surface area (TPSA) is 9.23 Å². The van der Waals surface area contributed by atoms with Crippen LogP contribution < -0.4 is 4.74 Å². The number of benzene rings is 1. The Balaban J connectivity index is 2.83. The number of hydrogen-bond acceptors (Lipinski definition) is 1. The van der Waals surface area contributed by atoms with Crippen molar-refractivity contribution >= 4 is 31.9 Å². The summed E-state index contributed by atoms with van der Waals surface area (Å²) in [6.45, 7) is 4.11. The van der Waals surface area contributed by atoms with E-state index >= 15 is 0 Å². The molecule has 1 aromatic rings. The van der Waals surface area contributed by atoms with Gasteiger partial charge >= 0.3 is 0 Å². The highest BCUT2D eigenvalue weighted by molar-refractivity contribution is 9.10. The van der Waals surface area contributed by atoms with Crippen molar-refractivity contribution in [3.63, 3.8) is 0 Å². The average molecular weight is 308 g/mol. The fourth-order valence-electron chi connectivity index (χ4n) is 0.936. The minimum atomic E-state index is 0.0977. The number of hydrogen-bond donors (Lipinski definition) is 0. The van der Waals surface area contributed by atoms with E-state index in [0.717, 1.165) is 22.2 Å². The van der Waals surface area contributed by atoms with Gasteiger partial charge in [0.15, 0.2) is 5.01 Å². The lowest BCUT2D eigenvalue weighted by Gasteiger charge is -2.13. The number of rotatable bonds is 3. The van der Waals surface area contributed by atoms with Crippen molar-refractivity contribution in [3.8, 4) is 5.75 Å². The van der Waals surface area contributed by atoms with Crippen LogP contribution in [0.1, 0.15) is 18.9 Å². The molecule has 1 nitrogen and oxygen atoms in total. The summed E-state index contributed by atoms with van der Waals surface area (Å²) < 4.78 is 6.75. The molecule has 0 aliphatic heterocycles. The lowest BCUT2D eigenvalue weighted by atomic mass is 10.2. The molecular weight excluding hydrogens is 296 g/mol. The lowest BCUT2D eigenvalue weighted by Crippen LogP contribution is -2.06. The Kier molecular flexibility index (Phi) is 4.26. The lowest BCUT2D eigenvalue weighted by molar-refractivity contribution is 0.288. The summed E-state index contributed by atoms with van der Waals surface area (Å²) in [6, 6.07) is 5.96. The highest BCUT2D eigenvalue weighted by atomic mass is 79.9. The first kappa shape index (κ1) is 11.1. The molecule has 0 aliphatic rings. The second kappa shape index (κ2) is 5.01. The third-order valence-corrected chi connectivity index (χ3v) is 3.49. The smallest absolute Gasteiger partial charge is 0.153 e. The fourth-order valence-corrected chi connectivity index (χ4v) is 1.49. The van der Waals surface area contributed by atoms with Crippen LogP contribution in [0.25, 0.3) is 0 Å². The van der Waals surface area contributed by atoms with Crippen molar-refractivity contribution in [1.29, 1.82) is 0 Å². The van der Waals surface area contributed by atoms with Gasteiger partial charge < -0.3 is 4.74 Å². The summed E-state index contributed by atoms with van der Waals surface area (Å²) in [5.74, 6) is 0.929. The Morgan fingerprint density at radius 2 is 2.15 bits per heavy atom. The van der Waals surface area contributed by atoms with Crippen molar-refractivity contribution in [2.75, 3.05) is 0 Å². The van der Waals surface area contributed by atoms with Gasteiger partial charge in [0.2, 0.25) is 0 Å². The largest absolute Gasteiger partial charge is 0.479 e. The summed E-state index contributed by atoms with van der Waals surface area (Å²) >= 11 is 6.90. The van der Waals surface area contributed by atoms with Gasteiger partial charge in [-0.3, -0.25) is 0 Å². The zero-order valence-corrected chi connectivity index (χ0v) is 10.9. The van der Waals surface area contributed by atoms with Crippen molar-refractivity contribution in [2.45, 2.75) is 25.3 Å². The number of ether oxygens (including phenoxy) is 1. The van der Waals surface area contributed by atoms with Crippen molar-refractivity contribution in [1.82, 2.24) is 0 Å². The predicted octanol–water partition coefficient (Wildman–Crippen LogP) is 4.27. The highest BCUT2D eigenvalue weighted by Crippen LogP contribution is 2.27. The van der Waals surface area contributed by atoms with Crippen LogP contribution in [0, 0.1) is 6.92 Å². The number of halogens is 2. The van der Waals surface area contributed by atoms with E-state index in [1.165, 1.54) is 0 Å². The fraction of sp³-hybridized carbons (Fsp3) is 0.400. The van der Waals surface area contributed by atoms with Crippen molar-refractivity contribution < 1.29 is 4.74 Å². The van der Waals surface area contributed by atoms with Gasteiger partial charge in [0.1, 0.15) is 5.75 Å². The molecule has 72 valence electrons. The van der Waals surface area contributed by atoms with Crippen LogP contribution in [0.2, 0.25) is 0 Å². The van der Waals surface area contributed by atoms with Crippen LogP contribution in [0.4, 0.5) is 0 Å². The molecule has 1 unspecified atom stereocenters. The summed E-state index contributed by atoms with van der Waals surface area (Å²) in [7, 11) is 0.